The number of anilines is 1. The van der Waals surface area contributed by atoms with E-state index in [4.69, 9.17) is 4.74 Å². The van der Waals surface area contributed by atoms with Crippen molar-refractivity contribution < 1.29 is 9.53 Å². The third-order valence-corrected chi connectivity index (χ3v) is 4.82. The third kappa shape index (κ3) is 2.64. The highest BCUT2D eigenvalue weighted by atomic mass is 16.5. The molecule has 4 heteroatoms. The molecule has 1 saturated heterocycles. The summed E-state index contributed by atoms with van der Waals surface area (Å²) in [5.41, 5.74) is 2.38. The molecular formula is C17H22N2O2. The maximum atomic E-state index is 12.9. The summed E-state index contributed by atoms with van der Waals surface area (Å²) in [7, 11) is 0. The van der Waals surface area contributed by atoms with E-state index in [9.17, 15) is 4.79 Å². The Kier molecular flexibility index (Phi) is 3.34. The molecule has 2 atom stereocenters. The highest BCUT2D eigenvalue weighted by molar-refractivity contribution is 5.88. The van der Waals surface area contributed by atoms with Crippen LogP contribution in [0.5, 0.6) is 0 Å². The number of rotatable bonds is 4. The lowest BCUT2D eigenvalue weighted by molar-refractivity contribution is -0.133. The number of ether oxygens (including phenoxy) is 1. The Morgan fingerprint density at radius 2 is 2.14 bits per heavy atom. The molecule has 2 heterocycles. The van der Waals surface area contributed by atoms with Gasteiger partial charge in [-0.2, -0.15) is 0 Å². The molecule has 0 radical (unpaired) electrons. The molecule has 1 saturated carbocycles. The molecule has 2 fully saturated rings. The van der Waals surface area contributed by atoms with Crippen molar-refractivity contribution in [3.63, 3.8) is 0 Å². The Morgan fingerprint density at radius 1 is 1.29 bits per heavy atom. The molecule has 0 spiro atoms. The zero-order chi connectivity index (χ0) is 14.2. The topological polar surface area (TPSA) is 41.6 Å². The highest BCUT2D eigenvalue weighted by Gasteiger charge is 2.39. The molecule has 0 aromatic heterocycles. The Bertz CT molecular complexity index is 510. The van der Waals surface area contributed by atoms with Crippen LogP contribution in [0.3, 0.4) is 0 Å². The van der Waals surface area contributed by atoms with Gasteiger partial charge >= 0.3 is 0 Å². The molecule has 1 N–H and O–H groups in total. The fraction of sp³-hybridized carbons (Fsp3) is 0.588. The number of benzene rings is 1. The molecule has 21 heavy (non-hydrogen) atoms. The van der Waals surface area contributed by atoms with Crippen molar-refractivity contribution >= 4 is 11.6 Å². The second kappa shape index (κ2) is 5.34. The summed E-state index contributed by atoms with van der Waals surface area (Å²) in [6.07, 6.45) is 4.24. The van der Waals surface area contributed by atoms with Gasteiger partial charge in [0.1, 0.15) is 6.04 Å². The predicted octanol–water partition coefficient (Wildman–Crippen LogP) is 2.05. The quantitative estimate of drug-likeness (QED) is 0.921. The lowest BCUT2D eigenvalue weighted by atomic mass is 10.1. The summed E-state index contributed by atoms with van der Waals surface area (Å²) in [5.74, 6) is 0.805. The van der Waals surface area contributed by atoms with Gasteiger partial charge in [0.05, 0.1) is 6.61 Å². The van der Waals surface area contributed by atoms with E-state index in [1.54, 1.807) is 0 Å². The number of carbonyl (C=O) groups excluding carboxylic acids is 1. The number of hydrogen-bond acceptors (Lipinski definition) is 3. The highest BCUT2D eigenvalue weighted by Crippen LogP contribution is 2.32. The lowest BCUT2D eigenvalue weighted by Gasteiger charge is -2.28. The fourth-order valence-corrected chi connectivity index (χ4v) is 3.46. The Labute approximate surface area is 125 Å². The van der Waals surface area contributed by atoms with Gasteiger partial charge in [-0.05, 0) is 30.9 Å². The maximum absolute atomic E-state index is 12.9. The second-order valence-electron chi connectivity index (χ2n) is 6.51. The van der Waals surface area contributed by atoms with Gasteiger partial charge in [0.25, 0.3) is 0 Å². The van der Waals surface area contributed by atoms with Crippen molar-refractivity contribution in [2.24, 2.45) is 5.92 Å². The maximum Gasteiger partial charge on any atom is 0.245 e. The van der Waals surface area contributed by atoms with Gasteiger partial charge in [-0.15, -0.1) is 0 Å². The van der Waals surface area contributed by atoms with Gasteiger partial charge in [0.2, 0.25) is 5.91 Å². The molecule has 1 aromatic rings. The summed E-state index contributed by atoms with van der Waals surface area (Å²) in [5, 5.41) is 3.40. The smallest absolute Gasteiger partial charge is 0.245 e. The van der Waals surface area contributed by atoms with Gasteiger partial charge in [-0.25, -0.2) is 0 Å². The van der Waals surface area contributed by atoms with E-state index < -0.39 is 0 Å². The predicted molar refractivity (Wildman–Crippen MR) is 81.2 cm³/mol. The summed E-state index contributed by atoms with van der Waals surface area (Å²) in [6.45, 7) is 2.54. The van der Waals surface area contributed by atoms with Crippen LogP contribution in [-0.4, -0.2) is 42.6 Å². The van der Waals surface area contributed by atoms with E-state index in [1.165, 1.54) is 18.4 Å². The molecule has 1 aliphatic carbocycles. The van der Waals surface area contributed by atoms with E-state index in [1.807, 2.05) is 12.1 Å². The van der Waals surface area contributed by atoms with Crippen molar-refractivity contribution in [2.45, 2.75) is 37.8 Å². The Balaban J connectivity index is 1.45. The van der Waals surface area contributed by atoms with Crippen LogP contribution in [0.15, 0.2) is 24.3 Å². The number of carbonyl (C=O) groups is 1. The molecule has 3 aliphatic rings. The van der Waals surface area contributed by atoms with Crippen molar-refractivity contribution in [3.05, 3.63) is 29.8 Å². The molecule has 2 unspecified atom stereocenters. The summed E-state index contributed by atoms with van der Waals surface area (Å²) in [6, 6.07) is 8.64. The van der Waals surface area contributed by atoms with Crippen LogP contribution >= 0.6 is 0 Å². The number of hydrogen-bond donors (Lipinski definition) is 1. The number of amides is 1. The van der Waals surface area contributed by atoms with E-state index in [2.05, 4.69) is 22.3 Å². The van der Waals surface area contributed by atoms with Crippen molar-refractivity contribution in [3.8, 4) is 0 Å². The van der Waals surface area contributed by atoms with E-state index >= 15 is 0 Å². The number of nitrogens with one attached hydrogen (secondary N) is 1. The molecule has 4 rings (SSSR count). The fourth-order valence-electron chi connectivity index (χ4n) is 3.46. The number of para-hydroxylation sites is 1. The van der Waals surface area contributed by atoms with Crippen LogP contribution in [0.25, 0.3) is 0 Å². The SMILES string of the molecule is O=C(C1Cc2ccccc2N1)N(CC1CCOC1)C1CC1. The molecule has 2 aliphatic heterocycles. The molecule has 1 aromatic carbocycles. The largest absolute Gasteiger partial charge is 0.381 e. The molecular weight excluding hydrogens is 264 g/mol. The normalized spacial score (nSPS) is 27.2. The first-order valence-corrected chi connectivity index (χ1v) is 8.04. The van der Waals surface area contributed by atoms with E-state index in [0.29, 0.717) is 12.0 Å². The molecule has 0 bridgehead atoms. The first-order valence-electron chi connectivity index (χ1n) is 8.04. The summed E-state index contributed by atoms with van der Waals surface area (Å²) >= 11 is 0. The van der Waals surface area contributed by atoms with Crippen LogP contribution in [0.4, 0.5) is 5.69 Å². The second-order valence-corrected chi connectivity index (χ2v) is 6.51. The van der Waals surface area contributed by atoms with Gasteiger partial charge in [0, 0.05) is 37.2 Å². The van der Waals surface area contributed by atoms with Gasteiger partial charge in [-0.1, -0.05) is 18.2 Å². The molecule has 4 nitrogen and oxygen atoms in total. The number of fused-ring (bicyclic) bond motifs is 1. The third-order valence-electron chi connectivity index (χ3n) is 4.82. The number of nitrogens with zero attached hydrogens (tertiary/aromatic N) is 1. The van der Waals surface area contributed by atoms with Gasteiger partial charge in [0.15, 0.2) is 0 Å². The first kappa shape index (κ1) is 13.1. The van der Waals surface area contributed by atoms with Crippen LogP contribution in [0.2, 0.25) is 0 Å². The minimum absolute atomic E-state index is 0.0784. The molecule has 1 amide bonds. The van der Waals surface area contributed by atoms with Crippen molar-refractivity contribution in [1.82, 2.24) is 4.90 Å². The minimum Gasteiger partial charge on any atom is -0.381 e. The van der Waals surface area contributed by atoms with Gasteiger partial charge < -0.3 is 15.0 Å². The zero-order valence-electron chi connectivity index (χ0n) is 12.3. The zero-order valence-corrected chi connectivity index (χ0v) is 12.3. The Morgan fingerprint density at radius 3 is 2.86 bits per heavy atom. The van der Waals surface area contributed by atoms with Gasteiger partial charge in [-0.3, -0.25) is 4.79 Å². The lowest BCUT2D eigenvalue weighted by Crippen LogP contribution is -2.45. The summed E-state index contributed by atoms with van der Waals surface area (Å²) < 4.78 is 5.46. The van der Waals surface area contributed by atoms with Crippen LogP contribution in [-0.2, 0) is 16.0 Å². The first-order chi connectivity index (χ1) is 10.3. The van der Waals surface area contributed by atoms with Crippen molar-refractivity contribution in [2.75, 3.05) is 25.1 Å². The average molecular weight is 286 g/mol. The van der Waals surface area contributed by atoms with Crippen LogP contribution < -0.4 is 5.32 Å². The van der Waals surface area contributed by atoms with Crippen molar-refractivity contribution in [1.29, 1.82) is 0 Å². The van der Waals surface area contributed by atoms with E-state index in [-0.39, 0.29) is 11.9 Å². The molecule has 112 valence electrons. The standard InChI is InChI=1S/C17H22N2O2/c20-17(16-9-13-3-1-2-4-15(13)18-16)19(14-5-6-14)10-12-7-8-21-11-12/h1-4,12,14,16,18H,5-11H2. The van der Waals surface area contributed by atoms with E-state index in [0.717, 1.165) is 38.3 Å². The summed E-state index contributed by atoms with van der Waals surface area (Å²) in [4.78, 5) is 15.0. The minimum atomic E-state index is -0.0784. The average Bonchev–Trinajstić information content (AvgIpc) is 3.04. The van der Waals surface area contributed by atoms with Crippen LogP contribution in [0, 0.1) is 5.92 Å². The monoisotopic (exact) mass is 286 g/mol. The Hall–Kier alpha value is -1.55. The van der Waals surface area contributed by atoms with Crippen LogP contribution in [0.1, 0.15) is 24.8 Å².